The summed E-state index contributed by atoms with van der Waals surface area (Å²) in [5.41, 5.74) is 10.7. The van der Waals surface area contributed by atoms with Crippen LogP contribution < -0.4 is 17.0 Å². The monoisotopic (exact) mass is 285 g/mol. The Kier molecular flexibility index (Phi) is 5.25. The largest absolute Gasteiger partial charge is 0.398 e. The molecule has 0 saturated carbocycles. The topological polar surface area (TPSA) is 64.1 Å². The summed E-state index contributed by atoms with van der Waals surface area (Å²) in [5, 5.41) is 0. The first-order valence-corrected chi connectivity index (χ1v) is 6.35. The van der Waals surface area contributed by atoms with Gasteiger partial charge in [0.25, 0.3) is 0 Å². The summed E-state index contributed by atoms with van der Waals surface area (Å²) in [5.74, 6) is 6.26. The van der Waals surface area contributed by atoms with E-state index in [1.54, 1.807) is 0 Å². The number of hydrogen-bond acceptors (Lipinski definition) is 3. The number of anilines is 1. The summed E-state index contributed by atoms with van der Waals surface area (Å²) >= 11 is 3.45. The molecule has 1 aromatic rings. The van der Waals surface area contributed by atoms with Crippen molar-refractivity contribution in [2.75, 3.05) is 5.73 Å². The van der Waals surface area contributed by atoms with Crippen LogP contribution in [0.4, 0.5) is 5.69 Å². The molecule has 0 amide bonds. The van der Waals surface area contributed by atoms with Crippen molar-refractivity contribution >= 4 is 21.6 Å². The minimum absolute atomic E-state index is 0.125. The standard InChI is InChI=1S/C12H20BrN3/c1-8(2)3-6-12(16-15)10-7-9(13)4-5-11(10)14/h4-5,7-8,12,16H,3,6,14-15H2,1-2H3. The van der Waals surface area contributed by atoms with Crippen LogP contribution in [-0.4, -0.2) is 0 Å². The molecule has 0 heterocycles. The molecule has 1 unspecified atom stereocenters. The average Bonchev–Trinajstić information content (AvgIpc) is 2.23. The van der Waals surface area contributed by atoms with Crippen molar-refractivity contribution in [2.45, 2.75) is 32.7 Å². The SMILES string of the molecule is CC(C)CCC(NN)c1cc(Br)ccc1N. The maximum Gasteiger partial charge on any atom is 0.0480 e. The zero-order valence-electron chi connectivity index (χ0n) is 9.83. The van der Waals surface area contributed by atoms with Crippen LogP contribution in [0.5, 0.6) is 0 Å². The molecule has 16 heavy (non-hydrogen) atoms. The van der Waals surface area contributed by atoms with Gasteiger partial charge < -0.3 is 5.73 Å². The fraction of sp³-hybridized carbons (Fsp3) is 0.500. The number of hydrogen-bond donors (Lipinski definition) is 3. The number of nitrogen functional groups attached to an aromatic ring is 1. The van der Waals surface area contributed by atoms with Gasteiger partial charge in [-0.3, -0.25) is 11.3 Å². The third-order valence-electron chi connectivity index (χ3n) is 2.66. The van der Waals surface area contributed by atoms with E-state index in [4.69, 9.17) is 11.6 Å². The molecule has 0 fully saturated rings. The molecule has 0 aliphatic rings. The van der Waals surface area contributed by atoms with Gasteiger partial charge in [-0.15, -0.1) is 0 Å². The summed E-state index contributed by atoms with van der Waals surface area (Å²) in [4.78, 5) is 0. The van der Waals surface area contributed by atoms with Crippen LogP contribution in [0.25, 0.3) is 0 Å². The summed E-state index contributed by atoms with van der Waals surface area (Å²) in [6.45, 7) is 4.41. The smallest absolute Gasteiger partial charge is 0.0480 e. The Labute approximate surface area is 106 Å². The quantitative estimate of drug-likeness (QED) is 0.443. The number of rotatable bonds is 5. The van der Waals surface area contributed by atoms with Gasteiger partial charge in [-0.2, -0.15) is 0 Å². The van der Waals surface area contributed by atoms with E-state index in [0.29, 0.717) is 5.92 Å². The maximum absolute atomic E-state index is 5.96. The summed E-state index contributed by atoms with van der Waals surface area (Å²) < 4.78 is 1.03. The van der Waals surface area contributed by atoms with E-state index in [1.807, 2.05) is 18.2 Å². The zero-order valence-corrected chi connectivity index (χ0v) is 11.4. The van der Waals surface area contributed by atoms with Crippen molar-refractivity contribution in [3.63, 3.8) is 0 Å². The Hall–Kier alpha value is -0.580. The van der Waals surface area contributed by atoms with E-state index in [0.717, 1.165) is 28.6 Å². The highest BCUT2D eigenvalue weighted by atomic mass is 79.9. The summed E-state index contributed by atoms with van der Waals surface area (Å²) in [6.07, 6.45) is 2.12. The number of halogens is 1. The lowest BCUT2D eigenvalue weighted by atomic mass is 9.97. The fourth-order valence-electron chi connectivity index (χ4n) is 1.68. The van der Waals surface area contributed by atoms with Gasteiger partial charge in [-0.05, 0) is 42.5 Å². The van der Waals surface area contributed by atoms with Gasteiger partial charge in [0.05, 0.1) is 0 Å². The first-order valence-electron chi connectivity index (χ1n) is 5.55. The Balaban J connectivity index is 2.81. The van der Waals surface area contributed by atoms with Gasteiger partial charge in [0, 0.05) is 16.2 Å². The highest BCUT2D eigenvalue weighted by Gasteiger charge is 2.13. The molecule has 0 aliphatic carbocycles. The van der Waals surface area contributed by atoms with Crippen LogP contribution in [0, 0.1) is 5.92 Å². The molecule has 1 atom stereocenters. The van der Waals surface area contributed by atoms with E-state index in [1.165, 1.54) is 0 Å². The van der Waals surface area contributed by atoms with Gasteiger partial charge >= 0.3 is 0 Å². The Bertz CT molecular complexity index is 339. The molecule has 5 N–H and O–H groups in total. The van der Waals surface area contributed by atoms with Crippen LogP contribution in [-0.2, 0) is 0 Å². The zero-order chi connectivity index (χ0) is 12.1. The molecule has 90 valence electrons. The molecule has 1 aromatic carbocycles. The van der Waals surface area contributed by atoms with Gasteiger partial charge in [-0.25, -0.2) is 0 Å². The first-order chi connectivity index (χ1) is 7.54. The van der Waals surface area contributed by atoms with E-state index >= 15 is 0 Å². The van der Waals surface area contributed by atoms with Gasteiger partial charge in [0.1, 0.15) is 0 Å². The van der Waals surface area contributed by atoms with Crippen LogP contribution in [0.1, 0.15) is 38.3 Å². The maximum atomic E-state index is 5.96. The van der Waals surface area contributed by atoms with Crippen molar-refractivity contribution in [1.82, 2.24) is 5.43 Å². The van der Waals surface area contributed by atoms with Gasteiger partial charge in [-0.1, -0.05) is 29.8 Å². The fourth-order valence-corrected chi connectivity index (χ4v) is 2.05. The highest BCUT2D eigenvalue weighted by molar-refractivity contribution is 9.10. The molecular weight excluding hydrogens is 266 g/mol. The molecule has 0 bridgehead atoms. The van der Waals surface area contributed by atoms with Crippen molar-refractivity contribution < 1.29 is 0 Å². The van der Waals surface area contributed by atoms with Gasteiger partial charge in [0.15, 0.2) is 0 Å². The summed E-state index contributed by atoms with van der Waals surface area (Å²) in [6, 6.07) is 5.99. The average molecular weight is 286 g/mol. The molecule has 0 radical (unpaired) electrons. The predicted molar refractivity (Wildman–Crippen MR) is 72.7 cm³/mol. The molecule has 0 spiro atoms. The minimum atomic E-state index is 0.125. The highest BCUT2D eigenvalue weighted by Crippen LogP contribution is 2.27. The summed E-state index contributed by atoms with van der Waals surface area (Å²) in [7, 11) is 0. The lowest BCUT2D eigenvalue weighted by Gasteiger charge is -2.19. The molecule has 1 rings (SSSR count). The first kappa shape index (κ1) is 13.5. The normalized spacial score (nSPS) is 13.1. The van der Waals surface area contributed by atoms with Crippen LogP contribution in [0.2, 0.25) is 0 Å². The minimum Gasteiger partial charge on any atom is -0.398 e. The Morgan fingerprint density at radius 2 is 2.00 bits per heavy atom. The Morgan fingerprint density at radius 1 is 1.31 bits per heavy atom. The molecule has 0 aromatic heterocycles. The molecule has 0 aliphatic heterocycles. The number of nitrogens with two attached hydrogens (primary N) is 2. The molecule has 0 saturated heterocycles. The molecule has 3 nitrogen and oxygen atoms in total. The second-order valence-electron chi connectivity index (χ2n) is 4.46. The number of hydrazine groups is 1. The van der Waals surface area contributed by atoms with Crippen molar-refractivity contribution in [1.29, 1.82) is 0 Å². The van der Waals surface area contributed by atoms with Crippen LogP contribution in [0.15, 0.2) is 22.7 Å². The Morgan fingerprint density at radius 3 is 2.56 bits per heavy atom. The van der Waals surface area contributed by atoms with E-state index in [-0.39, 0.29) is 6.04 Å². The third-order valence-corrected chi connectivity index (χ3v) is 3.15. The van der Waals surface area contributed by atoms with E-state index in [2.05, 4.69) is 35.2 Å². The van der Waals surface area contributed by atoms with Crippen molar-refractivity contribution in [3.05, 3.63) is 28.2 Å². The predicted octanol–water partition coefficient (Wildman–Crippen LogP) is 2.97. The second kappa shape index (κ2) is 6.23. The third kappa shape index (κ3) is 3.77. The second-order valence-corrected chi connectivity index (χ2v) is 5.38. The molecular formula is C12H20BrN3. The van der Waals surface area contributed by atoms with Crippen LogP contribution in [0.3, 0.4) is 0 Å². The van der Waals surface area contributed by atoms with Crippen LogP contribution >= 0.6 is 15.9 Å². The van der Waals surface area contributed by atoms with E-state index < -0.39 is 0 Å². The lowest BCUT2D eigenvalue weighted by Crippen LogP contribution is -2.28. The van der Waals surface area contributed by atoms with E-state index in [9.17, 15) is 0 Å². The molecule has 4 heteroatoms. The number of nitrogens with one attached hydrogen (secondary N) is 1. The number of benzene rings is 1. The van der Waals surface area contributed by atoms with Gasteiger partial charge in [0.2, 0.25) is 0 Å². The van der Waals surface area contributed by atoms with Crippen molar-refractivity contribution in [2.24, 2.45) is 11.8 Å². The van der Waals surface area contributed by atoms with Crippen molar-refractivity contribution in [3.8, 4) is 0 Å². The lowest BCUT2D eigenvalue weighted by molar-refractivity contribution is 0.449.